The molecule has 0 N–H and O–H groups in total. The summed E-state index contributed by atoms with van der Waals surface area (Å²) in [7, 11) is 0. The predicted octanol–water partition coefficient (Wildman–Crippen LogP) is 10.4. The Balaban J connectivity index is 1.12. The number of ether oxygens (including phenoxy) is 2. The van der Waals surface area contributed by atoms with Crippen molar-refractivity contribution in [3.05, 3.63) is 142 Å². The Labute approximate surface area is 262 Å². The minimum absolute atomic E-state index is 0.149. The first kappa shape index (κ1) is 29.0. The SMILES string of the molecule is CCCC(C)(c1ccc(OCc2ccc3ccc(Cl)cc3n2)cc1)c1ccc(OCc2ccc3ccc(Cl)cc3n2)cc1. The third kappa shape index (κ3) is 6.61. The number of pyridine rings is 2. The summed E-state index contributed by atoms with van der Waals surface area (Å²) in [6, 6.07) is 36.4. The zero-order valence-electron chi connectivity index (χ0n) is 24.2. The highest BCUT2D eigenvalue weighted by atomic mass is 35.5. The molecule has 6 rings (SSSR count). The van der Waals surface area contributed by atoms with Crippen LogP contribution in [0.25, 0.3) is 21.8 Å². The largest absolute Gasteiger partial charge is 0.487 e. The number of nitrogens with zero attached hydrogens (tertiary/aromatic N) is 2. The summed E-state index contributed by atoms with van der Waals surface area (Å²) < 4.78 is 12.2. The van der Waals surface area contributed by atoms with E-state index in [0.29, 0.717) is 23.3 Å². The Morgan fingerprint density at radius 1 is 0.581 bits per heavy atom. The highest BCUT2D eigenvalue weighted by molar-refractivity contribution is 6.31. The van der Waals surface area contributed by atoms with Crippen molar-refractivity contribution in [3.63, 3.8) is 0 Å². The smallest absolute Gasteiger partial charge is 0.130 e. The number of benzene rings is 4. The van der Waals surface area contributed by atoms with Crippen molar-refractivity contribution < 1.29 is 9.47 Å². The summed E-state index contributed by atoms with van der Waals surface area (Å²) in [5.41, 5.74) is 5.79. The third-order valence-corrected chi connectivity index (χ3v) is 8.40. The predicted molar refractivity (Wildman–Crippen MR) is 176 cm³/mol. The lowest BCUT2D eigenvalue weighted by Gasteiger charge is -2.31. The van der Waals surface area contributed by atoms with E-state index in [9.17, 15) is 0 Å². The Morgan fingerprint density at radius 2 is 1.00 bits per heavy atom. The van der Waals surface area contributed by atoms with Gasteiger partial charge in [0, 0.05) is 26.2 Å². The van der Waals surface area contributed by atoms with Crippen molar-refractivity contribution in [2.45, 2.75) is 45.3 Å². The van der Waals surface area contributed by atoms with Gasteiger partial charge in [-0.25, -0.2) is 9.97 Å². The molecule has 0 atom stereocenters. The Kier molecular flexibility index (Phi) is 8.51. The van der Waals surface area contributed by atoms with Gasteiger partial charge in [-0.05, 0) is 78.2 Å². The van der Waals surface area contributed by atoms with Crippen molar-refractivity contribution >= 4 is 45.0 Å². The summed E-state index contributed by atoms with van der Waals surface area (Å²) in [5.74, 6) is 1.62. The van der Waals surface area contributed by atoms with Crippen LogP contribution in [0.15, 0.2) is 109 Å². The first-order valence-electron chi connectivity index (χ1n) is 14.5. The lowest BCUT2D eigenvalue weighted by atomic mass is 9.73. The minimum atomic E-state index is -0.149. The third-order valence-electron chi connectivity index (χ3n) is 7.93. The Bertz CT molecular complexity index is 1740. The summed E-state index contributed by atoms with van der Waals surface area (Å²) in [6.07, 6.45) is 2.07. The molecule has 2 aromatic heterocycles. The quantitative estimate of drug-likeness (QED) is 0.155. The molecule has 43 heavy (non-hydrogen) atoms. The molecule has 0 aliphatic carbocycles. The number of hydrogen-bond donors (Lipinski definition) is 0. The lowest BCUT2D eigenvalue weighted by Crippen LogP contribution is -2.23. The van der Waals surface area contributed by atoms with Gasteiger partial charge in [-0.15, -0.1) is 0 Å². The zero-order chi connectivity index (χ0) is 29.8. The Hall–Kier alpha value is -4.12. The molecule has 216 valence electrons. The molecule has 0 aliphatic rings. The summed E-state index contributed by atoms with van der Waals surface area (Å²) in [5, 5.41) is 3.46. The van der Waals surface area contributed by atoms with Crippen molar-refractivity contribution in [3.8, 4) is 11.5 Å². The van der Waals surface area contributed by atoms with Gasteiger partial charge in [0.1, 0.15) is 24.7 Å². The van der Waals surface area contributed by atoms with Crippen LogP contribution >= 0.6 is 23.2 Å². The van der Waals surface area contributed by atoms with Crippen molar-refractivity contribution in [1.29, 1.82) is 0 Å². The van der Waals surface area contributed by atoms with Crippen molar-refractivity contribution in [2.24, 2.45) is 0 Å². The number of fused-ring (bicyclic) bond motifs is 2. The molecule has 6 heteroatoms. The van der Waals surface area contributed by atoms with Gasteiger partial charge >= 0.3 is 0 Å². The van der Waals surface area contributed by atoms with Crippen molar-refractivity contribution in [2.75, 3.05) is 0 Å². The molecule has 4 aromatic carbocycles. The number of halogens is 2. The van der Waals surface area contributed by atoms with E-state index >= 15 is 0 Å². The molecule has 0 aliphatic heterocycles. The summed E-state index contributed by atoms with van der Waals surface area (Å²) in [4.78, 5) is 9.39. The lowest BCUT2D eigenvalue weighted by molar-refractivity contribution is 0.301. The van der Waals surface area contributed by atoms with Crippen LogP contribution < -0.4 is 9.47 Å². The highest BCUT2D eigenvalue weighted by Gasteiger charge is 2.28. The molecule has 0 bridgehead atoms. The van der Waals surface area contributed by atoms with E-state index in [4.69, 9.17) is 42.6 Å². The average Bonchev–Trinajstić information content (AvgIpc) is 3.03. The molecule has 0 spiro atoms. The maximum atomic E-state index is 6.14. The van der Waals surface area contributed by atoms with Gasteiger partial charge in [0.25, 0.3) is 0 Å². The van der Waals surface area contributed by atoms with E-state index in [1.165, 1.54) is 11.1 Å². The standard InChI is InChI=1S/C37H32Cl2N2O2/c1-3-20-37(2,27-8-16-33(17-9-27)42-23-31-14-6-25-4-12-29(38)21-35(25)40-31)28-10-18-34(19-11-28)43-24-32-15-7-26-5-13-30(39)22-36(26)41-32/h4-19,21-22H,3,20,23-24H2,1-2H3. The first-order valence-corrected chi connectivity index (χ1v) is 15.2. The van der Waals surface area contributed by atoms with Gasteiger partial charge in [0.2, 0.25) is 0 Å². The average molecular weight is 608 g/mol. The fourth-order valence-electron chi connectivity index (χ4n) is 5.53. The van der Waals surface area contributed by atoms with Crippen LogP contribution in [0.1, 0.15) is 49.2 Å². The molecular weight excluding hydrogens is 575 g/mol. The van der Waals surface area contributed by atoms with Gasteiger partial charge in [0.15, 0.2) is 0 Å². The molecule has 0 radical (unpaired) electrons. The maximum Gasteiger partial charge on any atom is 0.130 e. The normalized spacial score (nSPS) is 11.6. The molecular formula is C37H32Cl2N2O2. The summed E-state index contributed by atoms with van der Waals surface area (Å²) >= 11 is 12.3. The molecule has 0 saturated carbocycles. The molecule has 0 amide bonds. The molecule has 0 saturated heterocycles. The van der Waals surface area contributed by atoms with Crippen LogP contribution in [0.5, 0.6) is 11.5 Å². The topological polar surface area (TPSA) is 44.2 Å². The van der Waals surface area contributed by atoms with Gasteiger partial charge in [-0.3, -0.25) is 0 Å². The summed E-state index contributed by atoms with van der Waals surface area (Å²) in [6.45, 7) is 5.30. The second-order valence-electron chi connectivity index (χ2n) is 11.0. The van der Waals surface area contributed by atoms with Crippen LogP contribution in [0.3, 0.4) is 0 Å². The van der Waals surface area contributed by atoms with E-state index in [1.54, 1.807) is 0 Å². The highest BCUT2D eigenvalue weighted by Crippen LogP contribution is 2.38. The van der Waals surface area contributed by atoms with E-state index in [0.717, 1.165) is 57.5 Å². The first-order chi connectivity index (χ1) is 20.9. The van der Waals surface area contributed by atoms with E-state index in [-0.39, 0.29) is 5.41 Å². The van der Waals surface area contributed by atoms with Gasteiger partial charge in [0.05, 0.1) is 22.4 Å². The maximum absolute atomic E-state index is 6.14. The molecule has 0 unspecified atom stereocenters. The number of hydrogen-bond acceptors (Lipinski definition) is 4. The fourth-order valence-corrected chi connectivity index (χ4v) is 5.87. The molecule has 0 fully saturated rings. The van der Waals surface area contributed by atoms with Crippen LogP contribution in [0, 0.1) is 0 Å². The van der Waals surface area contributed by atoms with Gasteiger partial charge < -0.3 is 9.47 Å². The van der Waals surface area contributed by atoms with E-state index < -0.39 is 0 Å². The minimum Gasteiger partial charge on any atom is -0.487 e. The van der Waals surface area contributed by atoms with E-state index in [2.05, 4.69) is 38.1 Å². The van der Waals surface area contributed by atoms with Crippen LogP contribution in [0.4, 0.5) is 0 Å². The van der Waals surface area contributed by atoms with Crippen LogP contribution in [-0.2, 0) is 18.6 Å². The molecule has 4 nitrogen and oxygen atoms in total. The molecule has 6 aromatic rings. The Morgan fingerprint density at radius 3 is 1.42 bits per heavy atom. The van der Waals surface area contributed by atoms with Crippen LogP contribution in [0.2, 0.25) is 10.0 Å². The monoisotopic (exact) mass is 606 g/mol. The number of aromatic nitrogens is 2. The fraction of sp³-hybridized carbons (Fsp3) is 0.189. The second kappa shape index (κ2) is 12.6. The van der Waals surface area contributed by atoms with E-state index in [1.807, 2.05) is 84.9 Å². The van der Waals surface area contributed by atoms with Crippen molar-refractivity contribution in [1.82, 2.24) is 9.97 Å². The number of rotatable bonds is 10. The van der Waals surface area contributed by atoms with Gasteiger partial charge in [-0.2, -0.15) is 0 Å². The zero-order valence-corrected chi connectivity index (χ0v) is 25.7. The van der Waals surface area contributed by atoms with Crippen LogP contribution in [-0.4, -0.2) is 9.97 Å². The van der Waals surface area contributed by atoms with Gasteiger partial charge in [-0.1, -0.05) is 92.0 Å². The second-order valence-corrected chi connectivity index (χ2v) is 11.9. The molecule has 2 heterocycles.